The Morgan fingerprint density at radius 2 is 1.92 bits per heavy atom. The number of fused-ring (bicyclic) bond motifs is 1. The largest absolute Gasteiger partial charge is 0.435 e. The van der Waals surface area contributed by atoms with Gasteiger partial charge in [0.25, 0.3) is 0 Å². The van der Waals surface area contributed by atoms with E-state index in [0.717, 1.165) is 37.1 Å². The number of oxazole rings is 1. The second kappa shape index (κ2) is 7.29. The van der Waals surface area contributed by atoms with E-state index in [2.05, 4.69) is 4.98 Å². The molecule has 4 rings (SSSR count). The van der Waals surface area contributed by atoms with Crippen LogP contribution in [0.3, 0.4) is 0 Å². The van der Waals surface area contributed by atoms with Gasteiger partial charge in [0.05, 0.1) is 11.4 Å². The quantitative estimate of drug-likeness (QED) is 0.606. The molecule has 0 unspecified atom stereocenters. The Balaban J connectivity index is 1.59. The van der Waals surface area contributed by atoms with Gasteiger partial charge in [0.1, 0.15) is 5.52 Å². The van der Waals surface area contributed by atoms with Crippen molar-refractivity contribution in [3.63, 3.8) is 0 Å². The van der Waals surface area contributed by atoms with Crippen molar-refractivity contribution in [2.24, 2.45) is 0 Å². The first-order valence-corrected chi connectivity index (χ1v) is 9.48. The highest BCUT2D eigenvalue weighted by Gasteiger charge is 2.17. The molecule has 0 atom stereocenters. The number of benzene rings is 2. The Morgan fingerprint density at radius 3 is 2.73 bits per heavy atom. The van der Waals surface area contributed by atoms with Gasteiger partial charge in [0.2, 0.25) is 11.8 Å². The average Bonchev–Trinajstić information content (AvgIpc) is 3.07. The number of hydrogen-bond donors (Lipinski definition) is 0. The van der Waals surface area contributed by atoms with Gasteiger partial charge in [-0.05, 0) is 49.1 Å². The van der Waals surface area contributed by atoms with E-state index in [0.29, 0.717) is 33.5 Å². The van der Waals surface area contributed by atoms with Crippen molar-refractivity contribution >= 4 is 40.2 Å². The van der Waals surface area contributed by atoms with Crippen LogP contribution in [-0.2, 0) is 11.2 Å². The lowest BCUT2D eigenvalue weighted by molar-refractivity contribution is -0.131. The maximum absolute atomic E-state index is 12.5. The van der Waals surface area contributed by atoms with E-state index in [1.54, 1.807) is 12.1 Å². The van der Waals surface area contributed by atoms with Crippen LogP contribution in [0.4, 0.5) is 0 Å². The van der Waals surface area contributed by atoms with E-state index in [9.17, 15) is 4.79 Å². The molecule has 1 aliphatic heterocycles. The predicted octanol–water partition coefficient (Wildman–Crippen LogP) is 5.36. The van der Waals surface area contributed by atoms with E-state index in [1.807, 2.05) is 29.2 Å². The third kappa shape index (κ3) is 3.57. The molecule has 0 N–H and O–H groups in total. The summed E-state index contributed by atoms with van der Waals surface area (Å²) >= 11 is 12.2. The van der Waals surface area contributed by atoms with Crippen molar-refractivity contribution in [1.82, 2.24) is 9.88 Å². The van der Waals surface area contributed by atoms with E-state index in [1.165, 1.54) is 6.42 Å². The summed E-state index contributed by atoms with van der Waals surface area (Å²) in [5, 5.41) is 0.950. The zero-order chi connectivity index (χ0) is 18.1. The number of carbonyl (C=O) groups excluding carboxylic acids is 1. The number of carbonyl (C=O) groups is 1. The van der Waals surface area contributed by atoms with Gasteiger partial charge in [-0.3, -0.25) is 4.79 Å². The number of halogens is 2. The van der Waals surface area contributed by atoms with Crippen LogP contribution in [-0.4, -0.2) is 28.9 Å². The van der Waals surface area contributed by atoms with E-state index >= 15 is 0 Å². The summed E-state index contributed by atoms with van der Waals surface area (Å²) in [6, 6.07) is 11.1. The number of rotatable bonds is 3. The molecule has 0 saturated carbocycles. The van der Waals surface area contributed by atoms with Crippen LogP contribution in [0.5, 0.6) is 0 Å². The van der Waals surface area contributed by atoms with Gasteiger partial charge in [-0.2, -0.15) is 0 Å². The Morgan fingerprint density at radius 1 is 1.12 bits per heavy atom. The smallest absolute Gasteiger partial charge is 0.227 e. The fourth-order valence-corrected chi connectivity index (χ4v) is 3.85. The van der Waals surface area contributed by atoms with Crippen LogP contribution in [0.2, 0.25) is 10.0 Å². The lowest BCUT2D eigenvalue weighted by Crippen LogP contribution is -2.36. The number of aromatic nitrogens is 1. The maximum Gasteiger partial charge on any atom is 0.227 e. The molecular formula is C20H18Cl2N2O2. The zero-order valence-electron chi connectivity index (χ0n) is 14.2. The highest BCUT2D eigenvalue weighted by Crippen LogP contribution is 2.32. The number of hydrogen-bond acceptors (Lipinski definition) is 3. The maximum atomic E-state index is 12.5. The average molecular weight is 389 g/mol. The van der Waals surface area contributed by atoms with E-state index in [-0.39, 0.29) is 5.91 Å². The number of nitrogens with zero attached hydrogens (tertiary/aromatic N) is 2. The summed E-state index contributed by atoms with van der Waals surface area (Å²) in [7, 11) is 0. The summed E-state index contributed by atoms with van der Waals surface area (Å²) in [6.07, 6.45) is 3.79. The first-order valence-electron chi connectivity index (χ1n) is 8.73. The van der Waals surface area contributed by atoms with Gasteiger partial charge in [0, 0.05) is 23.7 Å². The van der Waals surface area contributed by atoms with Crippen LogP contribution >= 0.6 is 23.2 Å². The monoisotopic (exact) mass is 388 g/mol. The minimum atomic E-state index is 0.175. The standard InChI is InChI=1S/C20H18Cl2N2O2/c21-15-11-16(22)19-17(12-15)23-20(26-19)14-6-4-5-13(9-14)10-18(25)24-7-2-1-3-8-24/h4-6,9,11-12H,1-3,7-8,10H2. The molecule has 1 amide bonds. The second-order valence-corrected chi connectivity index (χ2v) is 7.42. The van der Waals surface area contributed by atoms with Gasteiger partial charge < -0.3 is 9.32 Å². The molecule has 2 heterocycles. The molecule has 0 aliphatic carbocycles. The molecule has 0 spiro atoms. The molecule has 6 heteroatoms. The third-order valence-electron chi connectivity index (χ3n) is 4.65. The first kappa shape index (κ1) is 17.4. The molecule has 1 saturated heterocycles. The van der Waals surface area contributed by atoms with Crippen LogP contribution in [0, 0.1) is 0 Å². The number of piperidine rings is 1. The second-order valence-electron chi connectivity index (χ2n) is 6.57. The zero-order valence-corrected chi connectivity index (χ0v) is 15.7. The highest BCUT2D eigenvalue weighted by molar-refractivity contribution is 6.38. The van der Waals surface area contributed by atoms with E-state index in [4.69, 9.17) is 27.6 Å². The van der Waals surface area contributed by atoms with Gasteiger partial charge in [-0.15, -0.1) is 0 Å². The van der Waals surface area contributed by atoms with Gasteiger partial charge in [-0.1, -0.05) is 35.3 Å². The normalized spacial score (nSPS) is 14.8. The van der Waals surface area contributed by atoms with Crippen molar-refractivity contribution in [3.8, 4) is 11.5 Å². The molecule has 134 valence electrons. The van der Waals surface area contributed by atoms with Crippen molar-refractivity contribution in [2.45, 2.75) is 25.7 Å². The third-order valence-corrected chi connectivity index (χ3v) is 5.15. The van der Waals surface area contributed by atoms with Crippen molar-refractivity contribution in [1.29, 1.82) is 0 Å². The molecule has 1 fully saturated rings. The van der Waals surface area contributed by atoms with Crippen LogP contribution in [0.15, 0.2) is 40.8 Å². The Labute approximate surface area is 161 Å². The topological polar surface area (TPSA) is 46.3 Å². The molecule has 1 aliphatic rings. The summed E-state index contributed by atoms with van der Waals surface area (Å²) in [5.74, 6) is 0.644. The van der Waals surface area contributed by atoms with E-state index < -0.39 is 0 Å². The summed E-state index contributed by atoms with van der Waals surface area (Å²) < 4.78 is 5.82. The molecule has 26 heavy (non-hydrogen) atoms. The summed E-state index contributed by atoms with van der Waals surface area (Å²) in [4.78, 5) is 18.9. The number of likely N-dealkylation sites (tertiary alicyclic amines) is 1. The highest BCUT2D eigenvalue weighted by atomic mass is 35.5. The molecule has 2 aromatic carbocycles. The van der Waals surface area contributed by atoms with Crippen LogP contribution in [0.1, 0.15) is 24.8 Å². The van der Waals surface area contributed by atoms with Crippen LogP contribution < -0.4 is 0 Å². The first-order chi connectivity index (χ1) is 12.6. The predicted molar refractivity (Wildman–Crippen MR) is 104 cm³/mol. The van der Waals surface area contributed by atoms with Crippen molar-refractivity contribution in [2.75, 3.05) is 13.1 Å². The molecular weight excluding hydrogens is 371 g/mol. The molecule has 0 radical (unpaired) electrons. The SMILES string of the molecule is O=C(Cc1cccc(-c2nc3cc(Cl)cc(Cl)c3o2)c1)N1CCCCC1. The molecule has 4 nitrogen and oxygen atoms in total. The van der Waals surface area contributed by atoms with Gasteiger partial charge in [0.15, 0.2) is 5.58 Å². The fourth-order valence-electron chi connectivity index (χ4n) is 3.33. The minimum absolute atomic E-state index is 0.175. The van der Waals surface area contributed by atoms with Crippen LogP contribution in [0.25, 0.3) is 22.6 Å². The Hall–Kier alpha value is -2.04. The lowest BCUT2D eigenvalue weighted by atomic mass is 10.1. The molecule has 0 bridgehead atoms. The Kier molecular flexibility index (Phi) is 4.88. The summed E-state index contributed by atoms with van der Waals surface area (Å²) in [6.45, 7) is 1.73. The van der Waals surface area contributed by atoms with Crippen molar-refractivity contribution < 1.29 is 9.21 Å². The summed E-state index contributed by atoms with van der Waals surface area (Å²) in [5.41, 5.74) is 2.90. The number of amides is 1. The Bertz CT molecular complexity index is 962. The molecule has 1 aromatic heterocycles. The molecule has 3 aromatic rings. The van der Waals surface area contributed by atoms with Gasteiger partial charge >= 0.3 is 0 Å². The van der Waals surface area contributed by atoms with Gasteiger partial charge in [-0.25, -0.2) is 4.98 Å². The lowest BCUT2D eigenvalue weighted by Gasteiger charge is -2.26. The fraction of sp³-hybridized carbons (Fsp3) is 0.300. The minimum Gasteiger partial charge on any atom is -0.435 e. The van der Waals surface area contributed by atoms with Crippen molar-refractivity contribution in [3.05, 3.63) is 52.0 Å².